The van der Waals surface area contributed by atoms with Crippen molar-refractivity contribution in [2.24, 2.45) is 0 Å². The van der Waals surface area contributed by atoms with E-state index in [1.807, 2.05) is 20.8 Å². The quantitative estimate of drug-likeness (QED) is 0.679. The Labute approximate surface area is 192 Å². The molecule has 1 aliphatic heterocycles. The molecular formula is C23H33BrFN3O3. The Morgan fingerprint density at radius 1 is 1.13 bits per heavy atom. The number of hydrogen-bond acceptors (Lipinski definition) is 4. The van der Waals surface area contributed by atoms with Gasteiger partial charge in [0.2, 0.25) is 5.91 Å². The molecule has 0 aromatic heterocycles. The Kier molecular flexibility index (Phi) is 7.97. The topological polar surface area (TPSA) is 61.9 Å². The normalized spacial score (nSPS) is 22.8. The van der Waals surface area contributed by atoms with Crippen LogP contribution < -0.4 is 5.32 Å². The van der Waals surface area contributed by atoms with Gasteiger partial charge in [0.25, 0.3) is 0 Å². The van der Waals surface area contributed by atoms with Gasteiger partial charge >= 0.3 is 6.09 Å². The van der Waals surface area contributed by atoms with E-state index in [2.05, 4.69) is 26.1 Å². The predicted molar refractivity (Wildman–Crippen MR) is 121 cm³/mol. The predicted octanol–water partition coefficient (Wildman–Crippen LogP) is 4.11. The van der Waals surface area contributed by atoms with Gasteiger partial charge in [0.15, 0.2) is 0 Å². The molecule has 0 unspecified atom stereocenters. The number of carbonyl (C=O) groups excluding carboxylic acids is 2. The zero-order chi connectivity index (χ0) is 22.6. The Balaban J connectivity index is 1.40. The fraction of sp³-hybridized carbons (Fsp3) is 0.652. The number of ether oxygens (including phenoxy) is 1. The molecule has 1 aromatic rings. The highest BCUT2D eigenvalue weighted by Gasteiger charge is 2.31. The second-order valence-electron chi connectivity index (χ2n) is 9.45. The first-order valence-corrected chi connectivity index (χ1v) is 11.9. The lowest BCUT2D eigenvalue weighted by atomic mass is 9.89. The molecule has 1 saturated heterocycles. The molecule has 2 amide bonds. The zero-order valence-corrected chi connectivity index (χ0v) is 20.2. The standard InChI is InChI=1S/C23H33BrFN3O3/c1-23(2,3)31-22(30)28-13-11-27(12-14-28)17-9-7-16(8-10-17)26-21(29)15-18-19(24)5-4-6-20(18)25/h4-6,16-17H,7-15H2,1-3H3,(H,26,29). The first-order chi connectivity index (χ1) is 14.6. The maximum atomic E-state index is 14.0. The van der Waals surface area contributed by atoms with Gasteiger partial charge in [0, 0.05) is 48.3 Å². The summed E-state index contributed by atoms with van der Waals surface area (Å²) in [5, 5.41) is 3.07. The summed E-state index contributed by atoms with van der Waals surface area (Å²) in [7, 11) is 0. The minimum Gasteiger partial charge on any atom is -0.444 e. The molecule has 0 radical (unpaired) electrons. The molecule has 172 valence electrons. The summed E-state index contributed by atoms with van der Waals surface area (Å²) >= 11 is 3.32. The molecule has 6 nitrogen and oxygen atoms in total. The number of piperazine rings is 1. The third-order valence-electron chi connectivity index (χ3n) is 5.94. The van der Waals surface area contributed by atoms with E-state index in [1.165, 1.54) is 6.07 Å². The van der Waals surface area contributed by atoms with Gasteiger partial charge in [-0.1, -0.05) is 22.0 Å². The number of hydrogen-bond donors (Lipinski definition) is 1. The number of amides is 2. The van der Waals surface area contributed by atoms with Crippen molar-refractivity contribution in [3.8, 4) is 0 Å². The van der Waals surface area contributed by atoms with E-state index in [-0.39, 0.29) is 30.3 Å². The molecule has 3 rings (SSSR count). The molecule has 8 heteroatoms. The summed E-state index contributed by atoms with van der Waals surface area (Å²) in [6.45, 7) is 8.71. The van der Waals surface area contributed by atoms with Crippen LogP contribution in [0.1, 0.15) is 52.0 Å². The smallest absolute Gasteiger partial charge is 0.410 e. The van der Waals surface area contributed by atoms with Crippen LogP contribution >= 0.6 is 15.9 Å². The van der Waals surface area contributed by atoms with Gasteiger partial charge < -0.3 is 15.0 Å². The fourth-order valence-corrected chi connectivity index (χ4v) is 4.80. The molecule has 1 saturated carbocycles. The number of carbonyl (C=O) groups is 2. The minimum absolute atomic E-state index is 0.0415. The van der Waals surface area contributed by atoms with Gasteiger partial charge in [-0.25, -0.2) is 9.18 Å². The molecule has 1 aliphatic carbocycles. The highest BCUT2D eigenvalue weighted by atomic mass is 79.9. The lowest BCUT2D eigenvalue weighted by Crippen LogP contribution is -2.54. The van der Waals surface area contributed by atoms with Crippen LogP contribution in [0.25, 0.3) is 0 Å². The van der Waals surface area contributed by atoms with Crippen molar-refractivity contribution >= 4 is 27.9 Å². The maximum Gasteiger partial charge on any atom is 0.410 e. The van der Waals surface area contributed by atoms with E-state index >= 15 is 0 Å². The summed E-state index contributed by atoms with van der Waals surface area (Å²) in [6, 6.07) is 5.36. The van der Waals surface area contributed by atoms with Crippen LogP contribution in [0.4, 0.5) is 9.18 Å². The monoisotopic (exact) mass is 497 g/mol. The Morgan fingerprint density at radius 3 is 2.35 bits per heavy atom. The highest BCUT2D eigenvalue weighted by Crippen LogP contribution is 2.25. The SMILES string of the molecule is CC(C)(C)OC(=O)N1CCN(C2CCC(NC(=O)Cc3c(F)cccc3Br)CC2)CC1. The number of halogens is 2. The van der Waals surface area contributed by atoms with Crippen molar-refractivity contribution in [1.29, 1.82) is 0 Å². The van der Waals surface area contributed by atoms with Crippen LogP contribution in [0.15, 0.2) is 22.7 Å². The average molecular weight is 498 g/mol. The van der Waals surface area contributed by atoms with Crippen molar-refractivity contribution in [1.82, 2.24) is 15.1 Å². The Morgan fingerprint density at radius 2 is 1.77 bits per heavy atom. The first-order valence-electron chi connectivity index (χ1n) is 11.1. The van der Waals surface area contributed by atoms with Crippen LogP contribution in [0.3, 0.4) is 0 Å². The maximum absolute atomic E-state index is 14.0. The minimum atomic E-state index is -0.473. The number of nitrogens with zero attached hydrogens (tertiary/aromatic N) is 2. The van der Waals surface area contributed by atoms with Crippen molar-refractivity contribution in [2.45, 2.75) is 70.6 Å². The van der Waals surface area contributed by atoms with Crippen molar-refractivity contribution < 1.29 is 18.7 Å². The molecule has 1 aromatic carbocycles. The fourth-order valence-electron chi connectivity index (χ4n) is 4.32. The highest BCUT2D eigenvalue weighted by molar-refractivity contribution is 9.10. The molecule has 2 fully saturated rings. The molecule has 0 atom stereocenters. The molecule has 31 heavy (non-hydrogen) atoms. The Bertz CT molecular complexity index is 763. The second-order valence-corrected chi connectivity index (χ2v) is 10.3. The third-order valence-corrected chi connectivity index (χ3v) is 6.69. The summed E-state index contributed by atoms with van der Waals surface area (Å²) < 4.78 is 20.0. The molecule has 2 aliphatic rings. The van der Waals surface area contributed by atoms with Crippen LogP contribution in [0.5, 0.6) is 0 Å². The van der Waals surface area contributed by atoms with Crippen LogP contribution in [-0.4, -0.2) is 65.7 Å². The zero-order valence-electron chi connectivity index (χ0n) is 18.6. The van der Waals surface area contributed by atoms with Gasteiger partial charge in [-0.3, -0.25) is 9.69 Å². The lowest BCUT2D eigenvalue weighted by Gasteiger charge is -2.42. The van der Waals surface area contributed by atoms with Crippen LogP contribution in [0.2, 0.25) is 0 Å². The van der Waals surface area contributed by atoms with Gasteiger partial charge in [-0.05, 0) is 58.6 Å². The summed E-state index contributed by atoms with van der Waals surface area (Å²) in [6.07, 6.45) is 3.67. The average Bonchev–Trinajstić information content (AvgIpc) is 2.70. The van der Waals surface area contributed by atoms with Gasteiger partial charge in [-0.15, -0.1) is 0 Å². The molecule has 1 heterocycles. The van der Waals surface area contributed by atoms with E-state index in [0.717, 1.165) is 38.8 Å². The van der Waals surface area contributed by atoms with E-state index < -0.39 is 5.60 Å². The first kappa shape index (κ1) is 24.0. The largest absolute Gasteiger partial charge is 0.444 e. The van der Waals surface area contributed by atoms with E-state index in [9.17, 15) is 14.0 Å². The van der Waals surface area contributed by atoms with Crippen LogP contribution in [0, 0.1) is 5.82 Å². The molecular weight excluding hydrogens is 465 g/mol. The number of rotatable bonds is 4. The summed E-state index contributed by atoms with van der Waals surface area (Å²) in [4.78, 5) is 28.9. The molecule has 1 N–H and O–H groups in total. The number of benzene rings is 1. The van der Waals surface area contributed by atoms with Crippen LogP contribution in [-0.2, 0) is 16.0 Å². The van der Waals surface area contributed by atoms with Crippen molar-refractivity contribution in [2.75, 3.05) is 26.2 Å². The van der Waals surface area contributed by atoms with Gasteiger partial charge in [0.05, 0.1) is 6.42 Å². The second kappa shape index (κ2) is 10.3. The van der Waals surface area contributed by atoms with Gasteiger partial charge in [-0.2, -0.15) is 0 Å². The lowest BCUT2D eigenvalue weighted by molar-refractivity contribution is -0.121. The van der Waals surface area contributed by atoms with Gasteiger partial charge in [0.1, 0.15) is 11.4 Å². The number of nitrogens with one attached hydrogen (secondary N) is 1. The Hall–Kier alpha value is -1.67. The summed E-state index contributed by atoms with van der Waals surface area (Å²) in [5.74, 6) is -0.501. The van der Waals surface area contributed by atoms with Crippen molar-refractivity contribution in [3.05, 3.63) is 34.1 Å². The molecule has 0 bridgehead atoms. The van der Waals surface area contributed by atoms with E-state index in [1.54, 1.807) is 17.0 Å². The van der Waals surface area contributed by atoms with Crippen molar-refractivity contribution in [3.63, 3.8) is 0 Å². The summed E-state index contributed by atoms with van der Waals surface area (Å²) in [5.41, 5.74) is -0.0732. The van der Waals surface area contributed by atoms with E-state index in [0.29, 0.717) is 29.2 Å². The van der Waals surface area contributed by atoms with E-state index in [4.69, 9.17) is 4.74 Å². The third kappa shape index (κ3) is 6.91. The molecule has 0 spiro atoms.